The number of ether oxygens (including phenoxy) is 2. The standard InChI is InChI=1S/C10H20O2S/c1-3-11-10(12-4-2)8-6-5-7-9-13-10/h3-9H2,1-2H3. The van der Waals surface area contributed by atoms with Gasteiger partial charge in [-0.15, -0.1) is 0 Å². The molecule has 1 fully saturated rings. The van der Waals surface area contributed by atoms with Gasteiger partial charge in [0.15, 0.2) is 0 Å². The zero-order valence-electron chi connectivity index (χ0n) is 8.67. The Labute approximate surface area is 85.4 Å². The first-order valence-corrected chi connectivity index (χ1v) is 6.23. The summed E-state index contributed by atoms with van der Waals surface area (Å²) >= 11 is 1.84. The minimum atomic E-state index is -0.319. The van der Waals surface area contributed by atoms with E-state index < -0.39 is 0 Å². The van der Waals surface area contributed by atoms with Gasteiger partial charge in [-0.3, -0.25) is 0 Å². The van der Waals surface area contributed by atoms with Gasteiger partial charge in [0.05, 0.1) is 0 Å². The second kappa shape index (κ2) is 5.89. The molecular formula is C10H20O2S. The van der Waals surface area contributed by atoms with Crippen LogP contribution in [0, 0.1) is 0 Å². The van der Waals surface area contributed by atoms with Crippen molar-refractivity contribution in [2.45, 2.75) is 44.6 Å². The van der Waals surface area contributed by atoms with E-state index in [0.717, 1.165) is 19.6 Å². The zero-order valence-corrected chi connectivity index (χ0v) is 9.49. The molecule has 0 bridgehead atoms. The fourth-order valence-electron chi connectivity index (χ4n) is 1.63. The summed E-state index contributed by atoms with van der Waals surface area (Å²) in [7, 11) is 0. The average Bonchev–Trinajstić information content (AvgIpc) is 2.32. The van der Waals surface area contributed by atoms with Crippen LogP contribution in [0.4, 0.5) is 0 Å². The van der Waals surface area contributed by atoms with Crippen molar-refractivity contribution in [3.63, 3.8) is 0 Å². The van der Waals surface area contributed by atoms with Crippen molar-refractivity contribution in [3.8, 4) is 0 Å². The van der Waals surface area contributed by atoms with Gasteiger partial charge in [-0.2, -0.15) is 0 Å². The Morgan fingerprint density at radius 1 is 1.08 bits per heavy atom. The maximum atomic E-state index is 5.73. The van der Waals surface area contributed by atoms with E-state index in [2.05, 4.69) is 0 Å². The number of thioether (sulfide) groups is 1. The van der Waals surface area contributed by atoms with Crippen LogP contribution < -0.4 is 0 Å². The van der Waals surface area contributed by atoms with Crippen LogP contribution in [0.25, 0.3) is 0 Å². The summed E-state index contributed by atoms with van der Waals surface area (Å²) in [6.45, 7) is 5.55. The molecule has 0 aromatic carbocycles. The monoisotopic (exact) mass is 204 g/mol. The normalized spacial score (nSPS) is 22.6. The molecule has 1 rings (SSSR count). The lowest BCUT2D eigenvalue weighted by Crippen LogP contribution is -2.32. The van der Waals surface area contributed by atoms with Gasteiger partial charge in [0.2, 0.25) is 5.12 Å². The molecule has 0 atom stereocenters. The Balaban J connectivity index is 2.50. The number of rotatable bonds is 4. The molecule has 1 aliphatic rings. The molecule has 0 aromatic rings. The third kappa shape index (κ3) is 3.49. The molecule has 0 N–H and O–H groups in total. The Kier molecular flexibility index (Phi) is 5.14. The molecule has 1 heterocycles. The average molecular weight is 204 g/mol. The first-order valence-electron chi connectivity index (χ1n) is 5.25. The van der Waals surface area contributed by atoms with E-state index in [0.29, 0.717) is 0 Å². The SMILES string of the molecule is CCOC1(OCC)CCCCCS1. The van der Waals surface area contributed by atoms with Gasteiger partial charge in [-0.1, -0.05) is 18.2 Å². The molecule has 0 saturated carbocycles. The number of hydrogen-bond donors (Lipinski definition) is 0. The Morgan fingerprint density at radius 2 is 1.77 bits per heavy atom. The van der Waals surface area contributed by atoms with Crippen molar-refractivity contribution < 1.29 is 9.47 Å². The summed E-state index contributed by atoms with van der Waals surface area (Å²) in [6.07, 6.45) is 4.88. The highest BCUT2D eigenvalue weighted by Crippen LogP contribution is 2.37. The fourth-order valence-corrected chi connectivity index (χ4v) is 2.98. The molecule has 0 aromatic heterocycles. The molecule has 1 aliphatic heterocycles. The van der Waals surface area contributed by atoms with Crippen molar-refractivity contribution in [2.75, 3.05) is 19.0 Å². The summed E-state index contributed by atoms with van der Waals surface area (Å²) in [5, 5.41) is -0.319. The second-order valence-electron chi connectivity index (χ2n) is 3.21. The predicted octanol–water partition coefficient (Wildman–Crippen LogP) is 3.02. The Morgan fingerprint density at radius 3 is 2.38 bits per heavy atom. The van der Waals surface area contributed by atoms with Crippen LogP contribution in [0.1, 0.15) is 39.5 Å². The Hall–Kier alpha value is 0.270. The third-order valence-corrected chi connectivity index (χ3v) is 3.55. The van der Waals surface area contributed by atoms with Gasteiger partial charge in [0.1, 0.15) is 0 Å². The second-order valence-corrected chi connectivity index (χ2v) is 4.53. The van der Waals surface area contributed by atoms with E-state index in [9.17, 15) is 0 Å². The molecule has 1 saturated heterocycles. The molecule has 2 nitrogen and oxygen atoms in total. The maximum Gasteiger partial charge on any atom is 0.218 e. The van der Waals surface area contributed by atoms with Crippen molar-refractivity contribution in [3.05, 3.63) is 0 Å². The van der Waals surface area contributed by atoms with E-state index in [1.165, 1.54) is 25.0 Å². The van der Waals surface area contributed by atoms with Gasteiger partial charge in [0.25, 0.3) is 0 Å². The van der Waals surface area contributed by atoms with Gasteiger partial charge in [0, 0.05) is 19.6 Å². The van der Waals surface area contributed by atoms with Crippen LogP contribution in [0.15, 0.2) is 0 Å². The smallest absolute Gasteiger partial charge is 0.218 e. The van der Waals surface area contributed by atoms with Crippen molar-refractivity contribution in [2.24, 2.45) is 0 Å². The topological polar surface area (TPSA) is 18.5 Å². The van der Waals surface area contributed by atoms with Gasteiger partial charge in [-0.05, 0) is 32.4 Å². The quantitative estimate of drug-likeness (QED) is 0.656. The Bertz CT molecular complexity index is 123. The molecule has 0 spiro atoms. The van der Waals surface area contributed by atoms with Gasteiger partial charge in [-0.25, -0.2) is 0 Å². The zero-order chi connectivity index (χ0) is 9.57. The van der Waals surface area contributed by atoms with Gasteiger partial charge >= 0.3 is 0 Å². The van der Waals surface area contributed by atoms with E-state index >= 15 is 0 Å². The van der Waals surface area contributed by atoms with Crippen molar-refractivity contribution >= 4 is 11.8 Å². The summed E-state index contributed by atoms with van der Waals surface area (Å²) in [6, 6.07) is 0. The van der Waals surface area contributed by atoms with Crippen molar-refractivity contribution in [1.29, 1.82) is 0 Å². The lowest BCUT2D eigenvalue weighted by atomic mass is 10.2. The van der Waals surface area contributed by atoms with Crippen LogP contribution in [-0.4, -0.2) is 24.1 Å². The van der Waals surface area contributed by atoms with E-state index in [1.807, 2.05) is 25.6 Å². The molecule has 0 unspecified atom stereocenters. The maximum absolute atomic E-state index is 5.73. The predicted molar refractivity (Wildman–Crippen MR) is 56.9 cm³/mol. The molecule has 0 radical (unpaired) electrons. The largest absolute Gasteiger partial charge is 0.341 e. The van der Waals surface area contributed by atoms with Gasteiger partial charge < -0.3 is 9.47 Å². The fraction of sp³-hybridized carbons (Fsp3) is 1.00. The highest BCUT2D eigenvalue weighted by atomic mass is 32.2. The molecule has 3 heteroatoms. The minimum Gasteiger partial charge on any atom is -0.341 e. The highest BCUT2D eigenvalue weighted by molar-refractivity contribution is 8.00. The van der Waals surface area contributed by atoms with Crippen LogP contribution in [0.3, 0.4) is 0 Å². The summed E-state index contributed by atoms with van der Waals surface area (Å²) in [4.78, 5) is 0. The van der Waals surface area contributed by atoms with Crippen LogP contribution >= 0.6 is 11.8 Å². The summed E-state index contributed by atoms with van der Waals surface area (Å²) in [5.41, 5.74) is 0. The van der Waals surface area contributed by atoms with E-state index in [4.69, 9.17) is 9.47 Å². The summed E-state index contributed by atoms with van der Waals surface area (Å²) < 4.78 is 11.5. The first-order chi connectivity index (χ1) is 6.33. The van der Waals surface area contributed by atoms with Crippen molar-refractivity contribution in [1.82, 2.24) is 0 Å². The third-order valence-electron chi connectivity index (χ3n) is 2.18. The van der Waals surface area contributed by atoms with E-state index in [-0.39, 0.29) is 5.12 Å². The molecule has 0 aliphatic carbocycles. The first kappa shape index (κ1) is 11.3. The van der Waals surface area contributed by atoms with E-state index in [1.54, 1.807) is 0 Å². The lowest BCUT2D eigenvalue weighted by molar-refractivity contribution is -0.169. The van der Waals surface area contributed by atoms with Crippen LogP contribution in [0.5, 0.6) is 0 Å². The highest BCUT2D eigenvalue weighted by Gasteiger charge is 2.32. The summed E-state index contributed by atoms with van der Waals surface area (Å²) in [5.74, 6) is 1.17. The lowest BCUT2D eigenvalue weighted by Gasteiger charge is -2.31. The number of hydrogen-bond acceptors (Lipinski definition) is 3. The molecule has 78 valence electrons. The minimum absolute atomic E-state index is 0.319. The molecule has 13 heavy (non-hydrogen) atoms. The van der Waals surface area contributed by atoms with Crippen LogP contribution in [-0.2, 0) is 9.47 Å². The molecule has 0 amide bonds. The van der Waals surface area contributed by atoms with Crippen LogP contribution in [0.2, 0.25) is 0 Å². The molecular weight excluding hydrogens is 184 g/mol.